The molecule has 0 fully saturated rings. The minimum atomic E-state index is -0.317. The van der Waals surface area contributed by atoms with Crippen LogP contribution in [-0.2, 0) is 5.41 Å². The van der Waals surface area contributed by atoms with Crippen LogP contribution < -0.4 is 0 Å². The summed E-state index contributed by atoms with van der Waals surface area (Å²) in [6.45, 7) is 5.97. The quantitative estimate of drug-likeness (QED) is 0.654. The van der Waals surface area contributed by atoms with Crippen LogP contribution in [0.4, 0.5) is 4.39 Å². The smallest absolute Gasteiger partial charge is 0.140 e. The first kappa shape index (κ1) is 11.3. The Balaban J connectivity index is 2.75. The van der Waals surface area contributed by atoms with Gasteiger partial charge in [-0.05, 0) is 12.1 Å². The highest BCUT2D eigenvalue weighted by atomic mass is 35.5. The van der Waals surface area contributed by atoms with Crippen LogP contribution in [0.25, 0.3) is 10.9 Å². The fraction of sp³-hybridized carbons (Fsp3) is 0.333. The van der Waals surface area contributed by atoms with Gasteiger partial charge in [0.05, 0.1) is 5.52 Å². The monoisotopic (exact) mass is 238 g/mol. The van der Waals surface area contributed by atoms with Gasteiger partial charge >= 0.3 is 0 Å². The van der Waals surface area contributed by atoms with Crippen molar-refractivity contribution in [2.45, 2.75) is 26.2 Å². The SMILES string of the molecule is CC(C)(C)c1nc(Cl)c2ccc(F)cc2n1. The third-order valence-electron chi connectivity index (χ3n) is 2.28. The Morgan fingerprint density at radius 3 is 2.50 bits per heavy atom. The average Bonchev–Trinajstić information content (AvgIpc) is 2.15. The van der Waals surface area contributed by atoms with Crippen molar-refractivity contribution in [3.05, 3.63) is 35.0 Å². The topological polar surface area (TPSA) is 25.8 Å². The zero-order chi connectivity index (χ0) is 11.9. The van der Waals surface area contributed by atoms with Gasteiger partial charge in [-0.2, -0.15) is 0 Å². The van der Waals surface area contributed by atoms with Gasteiger partial charge in [0, 0.05) is 16.9 Å². The molecule has 2 rings (SSSR count). The number of fused-ring (bicyclic) bond motifs is 1. The molecule has 1 aromatic carbocycles. The lowest BCUT2D eigenvalue weighted by Gasteiger charge is -2.17. The van der Waals surface area contributed by atoms with Crippen LogP contribution in [0.15, 0.2) is 18.2 Å². The fourth-order valence-corrected chi connectivity index (χ4v) is 1.64. The van der Waals surface area contributed by atoms with Gasteiger partial charge in [-0.1, -0.05) is 32.4 Å². The fourth-order valence-electron chi connectivity index (χ4n) is 1.40. The van der Waals surface area contributed by atoms with E-state index in [-0.39, 0.29) is 11.2 Å². The minimum Gasteiger partial charge on any atom is -0.232 e. The van der Waals surface area contributed by atoms with E-state index >= 15 is 0 Å². The zero-order valence-electron chi connectivity index (χ0n) is 9.38. The van der Waals surface area contributed by atoms with Crippen LogP contribution >= 0.6 is 11.6 Å². The standard InChI is InChI=1S/C12H12ClFN2/c1-12(2,3)11-15-9-6-7(14)4-5-8(9)10(13)16-11/h4-6H,1-3H3. The third kappa shape index (κ3) is 2.00. The second kappa shape index (κ2) is 3.67. The van der Waals surface area contributed by atoms with E-state index in [0.717, 1.165) is 0 Å². The molecule has 0 radical (unpaired) electrons. The van der Waals surface area contributed by atoms with Gasteiger partial charge < -0.3 is 0 Å². The lowest BCUT2D eigenvalue weighted by atomic mass is 9.95. The molecule has 16 heavy (non-hydrogen) atoms. The molecule has 0 atom stereocenters. The predicted octanol–water partition coefficient (Wildman–Crippen LogP) is 3.72. The van der Waals surface area contributed by atoms with E-state index in [1.807, 2.05) is 20.8 Å². The summed E-state index contributed by atoms with van der Waals surface area (Å²) in [6.07, 6.45) is 0. The van der Waals surface area contributed by atoms with Crippen LogP contribution in [0, 0.1) is 5.82 Å². The largest absolute Gasteiger partial charge is 0.232 e. The van der Waals surface area contributed by atoms with E-state index in [2.05, 4.69) is 9.97 Å². The van der Waals surface area contributed by atoms with E-state index in [4.69, 9.17) is 11.6 Å². The number of halogens is 2. The molecule has 1 aromatic heterocycles. The van der Waals surface area contributed by atoms with Crippen molar-refractivity contribution >= 4 is 22.5 Å². The van der Waals surface area contributed by atoms with Gasteiger partial charge in [-0.3, -0.25) is 0 Å². The van der Waals surface area contributed by atoms with Gasteiger partial charge in [0.15, 0.2) is 0 Å². The molecule has 0 spiro atoms. The highest BCUT2D eigenvalue weighted by Gasteiger charge is 2.19. The second-order valence-electron chi connectivity index (χ2n) is 4.75. The molecular weight excluding hydrogens is 227 g/mol. The molecule has 0 unspecified atom stereocenters. The summed E-state index contributed by atoms with van der Waals surface area (Å²) < 4.78 is 13.1. The molecule has 0 saturated heterocycles. The van der Waals surface area contributed by atoms with Crippen molar-refractivity contribution in [2.75, 3.05) is 0 Å². The number of aromatic nitrogens is 2. The van der Waals surface area contributed by atoms with Crippen LogP contribution in [0.2, 0.25) is 5.15 Å². The molecule has 0 aliphatic rings. The van der Waals surface area contributed by atoms with Crippen molar-refractivity contribution in [1.29, 1.82) is 0 Å². The summed E-state index contributed by atoms with van der Waals surface area (Å²) in [5.41, 5.74) is 0.342. The Morgan fingerprint density at radius 1 is 1.19 bits per heavy atom. The van der Waals surface area contributed by atoms with Crippen LogP contribution in [-0.4, -0.2) is 9.97 Å². The maximum atomic E-state index is 13.1. The van der Waals surface area contributed by atoms with Crippen molar-refractivity contribution < 1.29 is 4.39 Å². The van der Waals surface area contributed by atoms with Gasteiger partial charge in [0.1, 0.15) is 16.8 Å². The number of hydrogen-bond donors (Lipinski definition) is 0. The molecule has 2 nitrogen and oxygen atoms in total. The number of rotatable bonds is 0. The zero-order valence-corrected chi connectivity index (χ0v) is 10.1. The molecule has 0 amide bonds. The van der Waals surface area contributed by atoms with Gasteiger partial charge in [0.2, 0.25) is 0 Å². The van der Waals surface area contributed by atoms with Crippen LogP contribution in [0.5, 0.6) is 0 Å². The molecule has 0 bridgehead atoms. The van der Waals surface area contributed by atoms with E-state index in [9.17, 15) is 4.39 Å². The van der Waals surface area contributed by atoms with Gasteiger partial charge in [-0.15, -0.1) is 0 Å². The van der Waals surface area contributed by atoms with Crippen molar-refractivity contribution in [3.8, 4) is 0 Å². The van der Waals surface area contributed by atoms with E-state index in [1.54, 1.807) is 6.07 Å². The molecule has 0 aliphatic carbocycles. The molecule has 2 aromatic rings. The summed E-state index contributed by atoms with van der Waals surface area (Å²) >= 11 is 6.05. The van der Waals surface area contributed by atoms with Gasteiger partial charge in [0.25, 0.3) is 0 Å². The van der Waals surface area contributed by atoms with Gasteiger partial charge in [-0.25, -0.2) is 14.4 Å². The third-order valence-corrected chi connectivity index (χ3v) is 2.57. The number of hydrogen-bond acceptors (Lipinski definition) is 2. The normalized spacial score (nSPS) is 12.1. The Hall–Kier alpha value is -1.22. The molecule has 84 valence electrons. The first-order valence-electron chi connectivity index (χ1n) is 5.01. The predicted molar refractivity (Wildman–Crippen MR) is 63.2 cm³/mol. The second-order valence-corrected chi connectivity index (χ2v) is 5.11. The number of nitrogens with zero attached hydrogens (tertiary/aromatic N) is 2. The Labute approximate surface area is 98.5 Å². The van der Waals surface area contributed by atoms with E-state index in [1.165, 1.54) is 12.1 Å². The maximum absolute atomic E-state index is 13.1. The molecule has 4 heteroatoms. The molecule has 0 aliphatic heterocycles. The minimum absolute atomic E-state index is 0.204. The Morgan fingerprint density at radius 2 is 1.88 bits per heavy atom. The summed E-state index contributed by atoms with van der Waals surface area (Å²) in [6, 6.07) is 4.33. The van der Waals surface area contributed by atoms with Crippen molar-refractivity contribution in [3.63, 3.8) is 0 Å². The Bertz CT molecular complexity index is 546. The first-order chi connectivity index (χ1) is 7.38. The Kier molecular flexibility index (Phi) is 2.58. The summed E-state index contributed by atoms with van der Waals surface area (Å²) in [7, 11) is 0. The molecule has 1 heterocycles. The summed E-state index contributed by atoms with van der Waals surface area (Å²) in [4.78, 5) is 8.57. The first-order valence-corrected chi connectivity index (χ1v) is 5.39. The average molecular weight is 239 g/mol. The van der Waals surface area contributed by atoms with Crippen LogP contribution in [0.3, 0.4) is 0 Å². The number of benzene rings is 1. The van der Waals surface area contributed by atoms with E-state index in [0.29, 0.717) is 21.9 Å². The lowest BCUT2D eigenvalue weighted by Crippen LogP contribution is -2.16. The van der Waals surface area contributed by atoms with E-state index < -0.39 is 0 Å². The highest BCUT2D eigenvalue weighted by molar-refractivity contribution is 6.34. The van der Waals surface area contributed by atoms with Crippen molar-refractivity contribution in [2.24, 2.45) is 0 Å². The maximum Gasteiger partial charge on any atom is 0.140 e. The molecule has 0 saturated carbocycles. The lowest BCUT2D eigenvalue weighted by molar-refractivity contribution is 0.548. The van der Waals surface area contributed by atoms with Crippen molar-refractivity contribution in [1.82, 2.24) is 9.97 Å². The molecular formula is C12H12ClFN2. The molecule has 0 N–H and O–H groups in total. The highest BCUT2D eigenvalue weighted by Crippen LogP contribution is 2.26. The summed E-state index contributed by atoms with van der Waals surface area (Å²) in [5, 5.41) is 1.05. The summed E-state index contributed by atoms with van der Waals surface area (Å²) in [5.74, 6) is 0.303. The van der Waals surface area contributed by atoms with Crippen LogP contribution in [0.1, 0.15) is 26.6 Å².